The number of nitrogens with one attached hydrogen (secondary N) is 1. The van der Waals surface area contributed by atoms with E-state index in [1.165, 1.54) is 25.3 Å². The van der Waals surface area contributed by atoms with Gasteiger partial charge in [-0.1, -0.05) is 0 Å². The average Bonchev–Trinajstić information content (AvgIpc) is 2.26. The van der Waals surface area contributed by atoms with E-state index in [0.29, 0.717) is 11.4 Å². The molecule has 0 heterocycles. The first-order valence-corrected chi connectivity index (χ1v) is 5.30. The van der Waals surface area contributed by atoms with Gasteiger partial charge in [-0.15, -0.1) is 0 Å². The second-order valence-electron chi connectivity index (χ2n) is 3.74. The van der Waals surface area contributed by atoms with Crippen molar-refractivity contribution in [1.82, 2.24) is 0 Å². The summed E-state index contributed by atoms with van der Waals surface area (Å²) < 4.78 is 22.8. The monoisotopic (exact) mass is 241 g/mol. The van der Waals surface area contributed by atoms with Crippen molar-refractivity contribution < 1.29 is 18.7 Å². The van der Waals surface area contributed by atoms with Crippen LogP contribution in [-0.2, 0) is 9.53 Å². The van der Waals surface area contributed by atoms with Crippen molar-refractivity contribution in [2.24, 2.45) is 0 Å². The first-order chi connectivity index (χ1) is 8.02. The summed E-state index contributed by atoms with van der Waals surface area (Å²) in [6, 6.07) is 4.05. The number of methoxy groups -OCH3 is 1. The van der Waals surface area contributed by atoms with E-state index in [1.807, 2.05) is 0 Å². The van der Waals surface area contributed by atoms with Gasteiger partial charge in [-0.2, -0.15) is 0 Å². The van der Waals surface area contributed by atoms with Gasteiger partial charge in [0.05, 0.1) is 18.9 Å². The Morgan fingerprint density at radius 1 is 1.47 bits per heavy atom. The molecule has 0 fully saturated rings. The van der Waals surface area contributed by atoms with E-state index in [1.54, 1.807) is 13.8 Å². The molecule has 0 saturated carbocycles. The van der Waals surface area contributed by atoms with Gasteiger partial charge >= 0.3 is 5.97 Å². The number of carbonyl (C=O) groups is 1. The van der Waals surface area contributed by atoms with Gasteiger partial charge in [0.2, 0.25) is 0 Å². The Labute approximate surface area is 99.7 Å². The zero-order valence-electron chi connectivity index (χ0n) is 10.1. The van der Waals surface area contributed by atoms with Crippen LogP contribution in [0.4, 0.5) is 10.1 Å². The van der Waals surface area contributed by atoms with Crippen LogP contribution in [-0.4, -0.2) is 25.7 Å². The number of halogens is 1. The third-order valence-corrected chi connectivity index (χ3v) is 1.95. The molecule has 0 aliphatic carbocycles. The highest BCUT2D eigenvalue weighted by molar-refractivity contribution is 5.76. The molecule has 0 aliphatic rings. The van der Waals surface area contributed by atoms with Crippen LogP contribution in [0.1, 0.15) is 13.8 Å². The summed E-state index contributed by atoms with van der Waals surface area (Å²) in [4.78, 5) is 11.3. The van der Waals surface area contributed by atoms with Crippen LogP contribution in [0.25, 0.3) is 0 Å². The van der Waals surface area contributed by atoms with E-state index in [4.69, 9.17) is 9.47 Å². The van der Waals surface area contributed by atoms with Gasteiger partial charge in [-0.3, -0.25) is 4.79 Å². The maximum Gasteiger partial charge on any atom is 0.325 e. The molecule has 0 aliphatic heterocycles. The number of hydrogen-bond acceptors (Lipinski definition) is 4. The highest BCUT2D eigenvalue weighted by Gasteiger charge is 2.08. The molecule has 0 saturated heterocycles. The molecule has 1 aromatic rings. The molecule has 0 bridgehead atoms. The summed E-state index contributed by atoms with van der Waals surface area (Å²) in [6.45, 7) is 3.56. The van der Waals surface area contributed by atoms with Gasteiger partial charge in [0.25, 0.3) is 0 Å². The van der Waals surface area contributed by atoms with E-state index in [-0.39, 0.29) is 18.6 Å². The SMILES string of the molecule is COc1cc(F)ccc1NCC(=O)OC(C)C. The molecule has 0 unspecified atom stereocenters. The average molecular weight is 241 g/mol. The molecular formula is C12H16FNO3. The van der Waals surface area contributed by atoms with Crippen molar-refractivity contribution in [3.63, 3.8) is 0 Å². The molecule has 4 nitrogen and oxygen atoms in total. The molecule has 1 N–H and O–H groups in total. The minimum absolute atomic E-state index is 0.0141. The largest absolute Gasteiger partial charge is 0.494 e. The standard InChI is InChI=1S/C12H16FNO3/c1-8(2)17-12(15)7-14-10-5-4-9(13)6-11(10)16-3/h4-6,8,14H,7H2,1-3H3. The van der Waals surface area contributed by atoms with Crippen LogP contribution in [0.15, 0.2) is 18.2 Å². The third-order valence-electron chi connectivity index (χ3n) is 1.95. The smallest absolute Gasteiger partial charge is 0.325 e. The Balaban J connectivity index is 2.60. The molecule has 1 aromatic carbocycles. The molecule has 17 heavy (non-hydrogen) atoms. The molecule has 1 rings (SSSR count). The van der Waals surface area contributed by atoms with E-state index in [0.717, 1.165) is 0 Å². The van der Waals surface area contributed by atoms with Gasteiger partial charge in [0.15, 0.2) is 0 Å². The van der Waals surface area contributed by atoms with Gasteiger partial charge in [-0.25, -0.2) is 4.39 Å². The Bertz CT molecular complexity index is 393. The summed E-state index contributed by atoms with van der Waals surface area (Å²) in [5.74, 6) is -0.411. The molecular weight excluding hydrogens is 225 g/mol. The second kappa shape index (κ2) is 6.08. The lowest BCUT2D eigenvalue weighted by molar-refractivity contribution is -0.145. The number of hydrogen-bond donors (Lipinski definition) is 1. The Hall–Kier alpha value is -1.78. The fourth-order valence-corrected chi connectivity index (χ4v) is 1.28. The molecule has 0 spiro atoms. The summed E-state index contributed by atoms with van der Waals surface area (Å²) in [6.07, 6.45) is -0.153. The Morgan fingerprint density at radius 3 is 2.76 bits per heavy atom. The minimum atomic E-state index is -0.392. The number of anilines is 1. The number of carbonyl (C=O) groups excluding carboxylic acids is 1. The molecule has 0 amide bonds. The summed E-state index contributed by atoms with van der Waals surface area (Å²) in [7, 11) is 1.44. The van der Waals surface area contributed by atoms with E-state index in [9.17, 15) is 9.18 Å². The van der Waals surface area contributed by atoms with Gasteiger partial charge in [0.1, 0.15) is 18.1 Å². The topological polar surface area (TPSA) is 47.6 Å². The van der Waals surface area contributed by atoms with Crippen LogP contribution in [0.5, 0.6) is 5.75 Å². The molecule has 5 heteroatoms. The zero-order valence-corrected chi connectivity index (χ0v) is 10.1. The van der Waals surface area contributed by atoms with Crippen molar-refractivity contribution in [3.05, 3.63) is 24.0 Å². The lowest BCUT2D eigenvalue weighted by atomic mass is 10.3. The third kappa shape index (κ3) is 4.30. The molecule has 0 atom stereocenters. The maximum absolute atomic E-state index is 12.9. The predicted octanol–water partition coefficient (Wildman–Crippen LogP) is 2.20. The minimum Gasteiger partial charge on any atom is -0.494 e. The van der Waals surface area contributed by atoms with Crippen LogP contribution >= 0.6 is 0 Å². The van der Waals surface area contributed by atoms with Crippen molar-refractivity contribution in [2.75, 3.05) is 19.0 Å². The zero-order chi connectivity index (χ0) is 12.8. The summed E-state index contributed by atoms with van der Waals surface area (Å²) in [5, 5.41) is 2.83. The first kappa shape index (κ1) is 13.3. The molecule has 0 aromatic heterocycles. The van der Waals surface area contributed by atoms with Gasteiger partial charge in [-0.05, 0) is 26.0 Å². The summed E-state index contributed by atoms with van der Waals surface area (Å²) in [5.41, 5.74) is 0.551. The predicted molar refractivity (Wildman–Crippen MR) is 62.7 cm³/mol. The van der Waals surface area contributed by atoms with E-state index in [2.05, 4.69) is 5.32 Å². The normalized spacial score (nSPS) is 10.2. The quantitative estimate of drug-likeness (QED) is 0.803. The molecule has 0 radical (unpaired) electrons. The fraction of sp³-hybridized carbons (Fsp3) is 0.417. The van der Waals surface area contributed by atoms with Crippen LogP contribution < -0.4 is 10.1 Å². The highest BCUT2D eigenvalue weighted by Crippen LogP contribution is 2.24. The lowest BCUT2D eigenvalue weighted by Gasteiger charge is -2.12. The van der Waals surface area contributed by atoms with E-state index >= 15 is 0 Å². The number of esters is 1. The van der Waals surface area contributed by atoms with Crippen molar-refractivity contribution in [2.45, 2.75) is 20.0 Å². The van der Waals surface area contributed by atoms with Crippen molar-refractivity contribution in [1.29, 1.82) is 0 Å². The fourth-order valence-electron chi connectivity index (χ4n) is 1.28. The lowest BCUT2D eigenvalue weighted by Crippen LogP contribution is -2.20. The van der Waals surface area contributed by atoms with Crippen molar-refractivity contribution >= 4 is 11.7 Å². The van der Waals surface area contributed by atoms with Crippen LogP contribution in [0, 0.1) is 5.82 Å². The van der Waals surface area contributed by atoms with Gasteiger partial charge < -0.3 is 14.8 Å². The van der Waals surface area contributed by atoms with Crippen LogP contribution in [0.2, 0.25) is 0 Å². The molecule has 94 valence electrons. The first-order valence-electron chi connectivity index (χ1n) is 5.30. The van der Waals surface area contributed by atoms with Crippen molar-refractivity contribution in [3.8, 4) is 5.75 Å². The second-order valence-corrected chi connectivity index (χ2v) is 3.74. The van der Waals surface area contributed by atoms with Gasteiger partial charge in [0, 0.05) is 6.07 Å². The maximum atomic E-state index is 12.9. The highest BCUT2D eigenvalue weighted by atomic mass is 19.1. The summed E-state index contributed by atoms with van der Waals surface area (Å²) >= 11 is 0. The van der Waals surface area contributed by atoms with E-state index < -0.39 is 5.82 Å². The number of benzene rings is 1. The Kier molecular flexibility index (Phi) is 4.75. The Morgan fingerprint density at radius 2 is 2.18 bits per heavy atom. The number of ether oxygens (including phenoxy) is 2. The van der Waals surface area contributed by atoms with Crippen LogP contribution in [0.3, 0.4) is 0 Å². The number of rotatable bonds is 5.